The number of carbonyl (C=O) groups excluding carboxylic acids is 1. The van der Waals surface area contributed by atoms with Gasteiger partial charge in [-0.05, 0) is 77.7 Å². The number of amides is 1. The highest BCUT2D eigenvalue weighted by Gasteiger charge is 2.25. The number of aryl methyl sites for hydroxylation is 1. The van der Waals surface area contributed by atoms with Crippen molar-refractivity contribution < 1.29 is 18.7 Å². The normalized spacial score (nSPS) is 14.8. The maximum absolute atomic E-state index is 13.9. The van der Waals surface area contributed by atoms with E-state index < -0.39 is 23.8 Å². The number of halogens is 2. The second-order valence-electron chi connectivity index (χ2n) is 9.71. The molecule has 2 atom stereocenters. The molecule has 4 rings (SSSR count). The van der Waals surface area contributed by atoms with Crippen LogP contribution in [0.5, 0.6) is 0 Å². The number of benzene rings is 3. The molecule has 0 unspecified atom stereocenters. The molecule has 3 N–H and O–H groups in total. The van der Waals surface area contributed by atoms with Gasteiger partial charge in [0.1, 0.15) is 11.6 Å². The minimum Gasteiger partial charge on any atom is -0.390 e. The second kappa shape index (κ2) is 13.3. The summed E-state index contributed by atoms with van der Waals surface area (Å²) in [6, 6.07) is 16.3. The first-order chi connectivity index (χ1) is 18.3. The number of nitrogens with zero attached hydrogens (tertiary/aromatic N) is 1. The van der Waals surface area contributed by atoms with Crippen LogP contribution in [0.1, 0.15) is 52.9 Å². The molecule has 202 valence electrons. The topological polar surface area (TPSA) is 64.6 Å². The van der Waals surface area contributed by atoms with E-state index in [2.05, 4.69) is 40.9 Å². The van der Waals surface area contributed by atoms with Crippen LogP contribution in [-0.2, 0) is 25.9 Å². The molecule has 1 aliphatic heterocycles. The highest BCUT2D eigenvalue weighted by molar-refractivity contribution is 7.97. The van der Waals surface area contributed by atoms with E-state index in [9.17, 15) is 18.7 Å². The maximum atomic E-state index is 13.9. The summed E-state index contributed by atoms with van der Waals surface area (Å²) < 4.78 is 30.0. The third kappa shape index (κ3) is 7.63. The van der Waals surface area contributed by atoms with Crippen LogP contribution in [0, 0.1) is 11.6 Å². The summed E-state index contributed by atoms with van der Waals surface area (Å²) in [6.45, 7) is 6.79. The summed E-state index contributed by atoms with van der Waals surface area (Å²) in [5.74, 6) is -1.72. The van der Waals surface area contributed by atoms with Gasteiger partial charge in [-0.1, -0.05) is 44.2 Å². The van der Waals surface area contributed by atoms with Crippen LogP contribution in [0.3, 0.4) is 0 Å². The molecule has 1 amide bonds. The predicted molar refractivity (Wildman–Crippen MR) is 148 cm³/mol. The van der Waals surface area contributed by atoms with E-state index in [-0.39, 0.29) is 18.9 Å². The summed E-state index contributed by atoms with van der Waals surface area (Å²) in [7, 11) is 0. The van der Waals surface area contributed by atoms with Crippen molar-refractivity contribution in [2.75, 3.05) is 13.1 Å². The van der Waals surface area contributed by atoms with Crippen molar-refractivity contribution in [2.45, 2.75) is 63.2 Å². The van der Waals surface area contributed by atoms with Crippen molar-refractivity contribution in [3.8, 4) is 0 Å². The third-order valence-corrected chi connectivity index (χ3v) is 7.76. The number of nitrogens with one attached hydrogen (secondary N) is 2. The van der Waals surface area contributed by atoms with Crippen molar-refractivity contribution >= 4 is 17.9 Å². The Morgan fingerprint density at radius 2 is 1.79 bits per heavy atom. The molecule has 1 aliphatic rings. The van der Waals surface area contributed by atoms with Gasteiger partial charge in [0, 0.05) is 42.7 Å². The molecule has 3 aromatic carbocycles. The lowest BCUT2D eigenvalue weighted by Gasteiger charge is -2.25. The Balaban J connectivity index is 1.45. The minimum absolute atomic E-state index is 0.0819. The van der Waals surface area contributed by atoms with E-state index in [1.807, 2.05) is 24.3 Å². The Morgan fingerprint density at radius 3 is 2.53 bits per heavy atom. The largest absolute Gasteiger partial charge is 0.390 e. The SMILES string of the molecule is CCCN1Cc2ccc(C(=O)N[C@@H](Cc3cc(F)cc(F)c3)[C@H](O)CNCc3cccc(CC)c3)cc2S1. The smallest absolute Gasteiger partial charge is 0.251 e. The Bertz CT molecular complexity index is 1240. The zero-order valence-corrected chi connectivity index (χ0v) is 22.7. The Hall–Kier alpha value is -2.78. The van der Waals surface area contributed by atoms with E-state index in [0.29, 0.717) is 17.7 Å². The fraction of sp³-hybridized carbons (Fsp3) is 0.367. The van der Waals surface area contributed by atoms with Crippen molar-refractivity contribution in [1.29, 1.82) is 0 Å². The molecule has 0 saturated carbocycles. The van der Waals surface area contributed by atoms with Crippen LogP contribution < -0.4 is 10.6 Å². The number of hydrogen-bond acceptors (Lipinski definition) is 5. The van der Waals surface area contributed by atoms with Crippen molar-refractivity contribution in [3.05, 3.63) is 100 Å². The first-order valence-corrected chi connectivity index (χ1v) is 13.9. The molecule has 0 saturated heterocycles. The van der Waals surface area contributed by atoms with Gasteiger partial charge in [0.05, 0.1) is 12.1 Å². The summed E-state index contributed by atoms with van der Waals surface area (Å²) in [6.07, 6.45) is 1.08. The highest BCUT2D eigenvalue weighted by Crippen LogP contribution is 2.36. The molecule has 5 nitrogen and oxygen atoms in total. The van der Waals surface area contributed by atoms with E-state index in [4.69, 9.17) is 0 Å². The number of hydrogen-bond donors (Lipinski definition) is 3. The van der Waals surface area contributed by atoms with Gasteiger partial charge in [0.25, 0.3) is 5.91 Å². The minimum atomic E-state index is -0.983. The van der Waals surface area contributed by atoms with Crippen LogP contribution >= 0.6 is 11.9 Å². The average Bonchev–Trinajstić information content (AvgIpc) is 3.29. The molecule has 0 fully saturated rings. The predicted octanol–water partition coefficient (Wildman–Crippen LogP) is 5.25. The molecule has 8 heteroatoms. The van der Waals surface area contributed by atoms with E-state index in [0.717, 1.165) is 42.5 Å². The zero-order chi connectivity index (χ0) is 27.1. The van der Waals surface area contributed by atoms with E-state index in [1.165, 1.54) is 23.3 Å². The number of fused-ring (bicyclic) bond motifs is 1. The molecule has 38 heavy (non-hydrogen) atoms. The second-order valence-corrected chi connectivity index (χ2v) is 10.8. The van der Waals surface area contributed by atoms with Gasteiger partial charge in [0.15, 0.2) is 0 Å². The summed E-state index contributed by atoms with van der Waals surface area (Å²) >= 11 is 1.65. The van der Waals surface area contributed by atoms with Crippen LogP contribution in [0.2, 0.25) is 0 Å². The van der Waals surface area contributed by atoms with Gasteiger partial charge in [-0.25, -0.2) is 13.1 Å². The van der Waals surface area contributed by atoms with Gasteiger partial charge < -0.3 is 15.7 Å². The fourth-order valence-electron chi connectivity index (χ4n) is 4.63. The molecule has 0 spiro atoms. The summed E-state index contributed by atoms with van der Waals surface area (Å²) in [5, 5.41) is 17.2. The molecule has 0 radical (unpaired) electrons. The Labute approximate surface area is 227 Å². The van der Waals surface area contributed by atoms with Crippen LogP contribution in [0.25, 0.3) is 0 Å². The molecular formula is C30H35F2N3O2S. The number of carbonyl (C=O) groups is 1. The van der Waals surface area contributed by atoms with Gasteiger partial charge in [-0.3, -0.25) is 4.79 Å². The first-order valence-electron chi connectivity index (χ1n) is 13.1. The summed E-state index contributed by atoms with van der Waals surface area (Å²) in [4.78, 5) is 14.3. The standard InChI is InChI=1S/C30H35F2N3O2S/c1-3-10-35-19-24-9-8-23(15-29(24)38-35)30(37)34-27(14-22-12-25(31)16-26(32)13-22)28(36)18-33-17-21-7-5-6-20(4-2)11-21/h5-9,11-13,15-16,27-28,33,36H,3-4,10,14,17-19H2,1-2H3,(H,34,37)/t27-,28+/m0/s1. The van der Waals surface area contributed by atoms with Crippen molar-refractivity contribution in [3.63, 3.8) is 0 Å². The van der Waals surface area contributed by atoms with Gasteiger partial charge in [-0.2, -0.15) is 0 Å². The lowest BCUT2D eigenvalue weighted by molar-refractivity contribution is 0.0829. The van der Waals surface area contributed by atoms with Crippen LogP contribution in [0.4, 0.5) is 8.78 Å². The van der Waals surface area contributed by atoms with Crippen LogP contribution in [-0.4, -0.2) is 40.6 Å². The molecule has 3 aromatic rings. The van der Waals surface area contributed by atoms with Gasteiger partial charge in [0.2, 0.25) is 0 Å². The van der Waals surface area contributed by atoms with Crippen molar-refractivity contribution in [2.24, 2.45) is 0 Å². The molecule has 0 aliphatic carbocycles. The molecule has 1 heterocycles. The van der Waals surface area contributed by atoms with Crippen LogP contribution in [0.15, 0.2) is 65.6 Å². The number of rotatable bonds is 12. The number of aliphatic hydroxyl groups excluding tert-OH is 1. The quantitative estimate of drug-likeness (QED) is 0.275. The lowest BCUT2D eigenvalue weighted by atomic mass is 9.99. The monoisotopic (exact) mass is 539 g/mol. The van der Waals surface area contributed by atoms with Gasteiger partial charge in [-0.15, -0.1) is 0 Å². The molecule has 0 aromatic heterocycles. The first kappa shape index (κ1) is 28.2. The molecule has 0 bridgehead atoms. The zero-order valence-electron chi connectivity index (χ0n) is 21.8. The molecular weight excluding hydrogens is 504 g/mol. The third-order valence-electron chi connectivity index (χ3n) is 6.62. The van der Waals surface area contributed by atoms with E-state index >= 15 is 0 Å². The summed E-state index contributed by atoms with van der Waals surface area (Å²) in [5.41, 5.74) is 4.36. The van der Waals surface area contributed by atoms with Crippen molar-refractivity contribution in [1.82, 2.24) is 14.9 Å². The Morgan fingerprint density at radius 1 is 1.03 bits per heavy atom. The highest BCUT2D eigenvalue weighted by atomic mass is 32.2. The van der Waals surface area contributed by atoms with Gasteiger partial charge >= 0.3 is 0 Å². The fourth-order valence-corrected chi connectivity index (χ4v) is 5.82. The van der Waals surface area contributed by atoms with E-state index in [1.54, 1.807) is 18.0 Å². The Kier molecular flexibility index (Phi) is 9.91. The number of aliphatic hydroxyl groups is 1. The lowest BCUT2D eigenvalue weighted by Crippen LogP contribution is -2.48. The average molecular weight is 540 g/mol. The maximum Gasteiger partial charge on any atom is 0.251 e.